The molecule has 1 heterocycles. The number of pyridine rings is 1. The summed E-state index contributed by atoms with van der Waals surface area (Å²) in [4.78, 5) is 16.4. The van der Waals surface area contributed by atoms with Gasteiger partial charge in [0, 0.05) is 23.3 Å². The number of hydrogen-bond donors (Lipinski definition) is 2. The Balaban J connectivity index is 1.60. The lowest BCUT2D eigenvalue weighted by Gasteiger charge is -2.09. The van der Waals surface area contributed by atoms with E-state index >= 15 is 0 Å². The van der Waals surface area contributed by atoms with E-state index < -0.39 is 0 Å². The minimum Gasteiger partial charge on any atom is -0.504 e. The third-order valence-corrected chi connectivity index (χ3v) is 4.21. The average molecular weight is 429 g/mol. The fraction of sp³-hybridized carbons (Fsp3) is 0.100. The fourth-order valence-corrected chi connectivity index (χ4v) is 2.72. The van der Waals surface area contributed by atoms with Crippen molar-refractivity contribution in [1.82, 2.24) is 10.3 Å². The van der Waals surface area contributed by atoms with E-state index in [-0.39, 0.29) is 11.7 Å². The van der Waals surface area contributed by atoms with Crippen LogP contribution in [0.4, 0.5) is 0 Å². The van der Waals surface area contributed by atoms with Gasteiger partial charge in [-0.2, -0.15) is 0 Å². The van der Waals surface area contributed by atoms with Crippen molar-refractivity contribution in [1.29, 1.82) is 0 Å². The van der Waals surface area contributed by atoms with Gasteiger partial charge in [0.05, 0.1) is 12.7 Å². The lowest BCUT2D eigenvalue weighted by atomic mass is 10.2. The van der Waals surface area contributed by atoms with Crippen molar-refractivity contribution in [2.75, 3.05) is 7.11 Å². The van der Waals surface area contributed by atoms with Crippen LogP contribution in [-0.2, 0) is 6.54 Å². The number of rotatable bonds is 6. The Morgan fingerprint density at radius 3 is 2.74 bits per heavy atom. The molecule has 27 heavy (non-hydrogen) atoms. The van der Waals surface area contributed by atoms with Gasteiger partial charge in [-0.15, -0.1) is 0 Å². The quantitative estimate of drug-likeness (QED) is 0.612. The molecule has 1 amide bonds. The van der Waals surface area contributed by atoms with Gasteiger partial charge >= 0.3 is 0 Å². The van der Waals surface area contributed by atoms with Crippen LogP contribution in [0.5, 0.6) is 23.1 Å². The van der Waals surface area contributed by atoms with Gasteiger partial charge in [0.1, 0.15) is 5.75 Å². The zero-order valence-electron chi connectivity index (χ0n) is 14.5. The van der Waals surface area contributed by atoms with Crippen LogP contribution < -0.4 is 14.8 Å². The van der Waals surface area contributed by atoms with Gasteiger partial charge in [-0.3, -0.25) is 4.79 Å². The van der Waals surface area contributed by atoms with Crippen LogP contribution in [-0.4, -0.2) is 23.1 Å². The molecule has 0 radical (unpaired) electrons. The summed E-state index contributed by atoms with van der Waals surface area (Å²) in [6, 6.07) is 15.6. The maximum atomic E-state index is 12.3. The molecule has 6 nitrogen and oxygen atoms in total. The van der Waals surface area contributed by atoms with Crippen molar-refractivity contribution in [3.05, 3.63) is 76.4 Å². The molecule has 2 aromatic carbocycles. The molecule has 0 saturated heterocycles. The predicted molar refractivity (Wildman–Crippen MR) is 104 cm³/mol. The molecule has 0 fully saturated rings. The number of ether oxygens (including phenoxy) is 2. The number of phenols is 1. The standard InChI is InChI=1S/C20H17BrN2O4/c1-26-18-9-13(5-7-17(18)24)11-23-20(25)14-6-8-19(22-12-14)27-16-4-2-3-15(21)10-16/h2-10,12,24H,11H2,1H3,(H,23,25). The van der Waals surface area contributed by atoms with Gasteiger partial charge in [0.25, 0.3) is 5.91 Å². The molecule has 138 valence electrons. The van der Waals surface area contributed by atoms with Gasteiger partial charge in [-0.05, 0) is 42.0 Å². The molecule has 0 atom stereocenters. The summed E-state index contributed by atoms with van der Waals surface area (Å²) in [5, 5.41) is 12.4. The summed E-state index contributed by atoms with van der Waals surface area (Å²) in [7, 11) is 1.47. The Bertz CT molecular complexity index is 945. The number of carbonyl (C=O) groups is 1. The topological polar surface area (TPSA) is 80.7 Å². The monoisotopic (exact) mass is 428 g/mol. The minimum atomic E-state index is -0.261. The number of benzene rings is 2. The van der Waals surface area contributed by atoms with Crippen LogP contribution in [0.1, 0.15) is 15.9 Å². The molecule has 1 aromatic heterocycles. The number of methoxy groups -OCH3 is 1. The van der Waals surface area contributed by atoms with Crippen molar-refractivity contribution in [2.24, 2.45) is 0 Å². The van der Waals surface area contributed by atoms with Crippen LogP contribution >= 0.6 is 15.9 Å². The first-order chi connectivity index (χ1) is 13.0. The first-order valence-electron chi connectivity index (χ1n) is 8.09. The van der Waals surface area contributed by atoms with Crippen LogP contribution in [0.2, 0.25) is 0 Å². The number of carbonyl (C=O) groups excluding carboxylic acids is 1. The van der Waals surface area contributed by atoms with Crippen molar-refractivity contribution in [3.63, 3.8) is 0 Å². The number of hydrogen-bond acceptors (Lipinski definition) is 5. The van der Waals surface area contributed by atoms with E-state index in [9.17, 15) is 9.90 Å². The molecular formula is C20H17BrN2O4. The van der Waals surface area contributed by atoms with Crippen molar-refractivity contribution in [2.45, 2.75) is 6.54 Å². The lowest BCUT2D eigenvalue weighted by molar-refractivity contribution is 0.0950. The van der Waals surface area contributed by atoms with Gasteiger partial charge in [-0.25, -0.2) is 4.98 Å². The molecule has 3 rings (SSSR count). The van der Waals surface area contributed by atoms with E-state index in [1.807, 2.05) is 24.3 Å². The number of amides is 1. The normalized spacial score (nSPS) is 10.3. The van der Waals surface area contributed by atoms with Gasteiger partial charge in [0.15, 0.2) is 11.5 Å². The summed E-state index contributed by atoms with van der Waals surface area (Å²) < 4.78 is 11.6. The Hall–Kier alpha value is -3.06. The predicted octanol–water partition coefficient (Wildman–Crippen LogP) is 4.28. The molecule has 0 aliphatic rings. The van der Waals surface area contributed by atoms with E-state index in [1.165, 1.54) is 19.4 Å². The Morgan fingerprint density at radius 2 is 2.04 bits per heavy atom. The van der Waals surface area contributed by atoms with Gasteiger partial charge in [-0.1, -0.05) is 28.1 Å². The van der Waals surface area contributed by atoms with Crippen LogP contribution in [0.15, 0.2) is 65.3 Å². The van der Waals surface area contributed by atoms with Gasteiger partial charge in [0.2, 0.25) is 5.88 Å². The summed E-state index contributed by atoms with van der Waals surface area (Å²) in [5.74, 6) is 1.20. The highest BCUT2D eigenvalue weighted by Gasteiger charge is 2.08. The molecule has 0 saturated carbocycles. The Kier molecular flexibility index (Phi) is 5.93. The zero-order chi connectivity index (χ0) is 19.2. The first-order valence-corrected chi connectivity index (χ1v) is 8.88. The number of phenolic OH excluding ortho intramolecular Hbond substituents is 1. The van der Waals surface area contributed by atoms with E-state index in [0.29, 0.717) is 29.5 Å². The van der Waals surface area contributed by atoms with E-state index in [1.54, 1.807) is 24.3 Å². The maximum Gasteiger partial charge on any atom is 0.253 e. The van der Waals surface area contributed by atoms with E-state index in [0.717, 1.165) is 10.0 Å². The minimum absolute atomic E-state index is 0.0535. The lowest BCUT2D eigenvalue weighted by Crippen LogP contribution is -2.22. The molecule has 0 aliphatic heterocycles. The summed E-state index contributed by atoms with van der Waals surface area (Å²) in [6.07, 6.45) is 1.46. The second kappa shape index (κ2) is 8.55. The molecule has 0 unspecified atom stereocenters. The summed E-state index contributed by atoms with van der Waals surface area (Å²) in [5.41, 5.74) is 1.22. The average Bonchev–Trinajstić information content (AvgIpc) is 2.67. The highest BCUT2D eigenvalue weighted by Crippen LogP contribution is 2.26. The first kappa shape index (κ1) is 18.7. The highest BCUT2D eigenvalue weighted by atomic mass is 79.9. The largest absolute Gasteiger partial charge is 0.504 e. The Labute approximate surface area is 164 Å². The van der Waals surface area contributed by atoms with Crippen LogP contribution in [0, 0.1) is 0 Å². The molecule has 0 aliphatic carbocycles. The molecule has 0 spiro atoms. The number of aromatic hydroxyl groups is 1. The highest BCUT2D eigenvalue weighted by molar-refractivity contribution is 9.10. The molecule has 0 bridgehead atoms. The number of nitrogens with zero attached hydrogens (tertiary/aromatic N) is 1. The molecule has 3 aromatic rings. The SMILES string of the molecule is COc1cc(CNC(=O)c2ccc(Oc3cccc(Br)c3)nc2)ccc1O. The number of nitrogens with one attached hydrogen (secondary N) is 1. The second-order valence-corrected chi connectivity index (χ2v) is 6.55. The molecular weight excluding hydrogens is 412 g/mol. The van der Waals surface area contributed by atoms with Crippen LogP contribution in [0.25, 0.3) is 0 Å². The van der Waals surface area contributed by atoms with Crippen molar-refractivity contribution < 1.29 is 19.4 Å². The number of aromatic nitrogens is 1. The number of halogens is 1. The third kappa shape index (κ3) is 4.98. The van der Waals surface area contributed by atoms with Crippen molar-refractivity contribution >= 4 is 21.8 Å². The molecule has 7 heteroatoms. The molecule has 2 N–H and O–H groups in total. The van der Waals surface area contributed by atoms with Crippen molar-refractivity contribution in [3.8, 4) is 23.1 Å². The van der Waals surface area contributed by atoms with Gasteiger partial charge < -0.3 is 19.9 Å². The summed E-state index contributed by atoms with van der Waals surface area (Å²) in [6.45, 7) is 0.297. The smallest absolute Gasteiger partial charge is 0.253 e. The maximum absolute atomic E-state index is 12.3. The zero-order valence-corrected chi connectivity index (χ0v) is 16.1. The van der Waals surface area contributed by atoms with Crippen LogP contribution in [0.3, 0.4) is 0 Å². The summed E-state index contributed by atoms with van der Waals surface area (Å²) >= 11 is 3.38. The third-order valence-electron chi connectivity index (χ3n) is 3.71. The Morgan fingerprint density at radius 1 is 1.19 bits per heavy atom. The van der Waals surface area contributed by atoms with E-state index in [2.05, 4.69) is 26.2 Å². The fourth-order valence-electron chi connectivity index (χ4n) is 2.34. The second-order valence-electron chi connectivity index (χ2n) is 5.63. The van der Waals surface area contributed by atoms with E-state index in [4.69, 9.17) is 9.47 Å².